The van der Waals surface area contributed by atoms with Crippen molar-refractivity contribution in [2.24, 2.45) is 0 Å². The van der Waals surface area contributed by atoms with Gasteiger partial charge in [0, 0.05) is 18.1 Å². The summed E-state index contributed by atoms with van der Waals surface area (Å²) in [6.07, 6.45) is 6.31. The van der Waals surface area contributed by atoms with Crippen molar-refractivity contribution in [1.29, 1.82) is 0 Å². The van der Waals surface area contributed by atoms with Gasteiger partial charge in [0.25, 0.3) is 0 Å². The Morgan fingerprint density at radius 3 is 2.91 bits per heavy atom. The Hall–Kier alpha value is -2.21. The number of aromatic nitrogens is 2. The first kappa shape index (κ1) is 17.1. The van der Waals surface area contributed by atoms with Gasteiger partial charge in [-0.2, -0.15) is 0 Å². The molecule has 5 nitrogen and oxygen atoms in total. The van der Waals surface area contributed by atoms with Gasteiger partial charge in [0.1, 0.15) is 10.8 Å². The molecule has 0 aliphatic carbocycles. The van der Waals surface area contributed by atoms with Gasteiger partial charge in [-0.3, -0.25) is 10.1 Å². The van der Waals surface area contributed by atoms with E-state index in [4.69, 9.17) is 4.74 Å². The minimum absolute atomic E-state index is 0.227. The Morgan fingerprint density at radius 2 is 2.13 bits per heavy atom. The Kier molecular flexibility index (Phi) is 6.75. The van der Waals surface area contributed by atoms with Crippen LogP contribution in [0.1, 0.15) is 37.3 Å². The van der Waals surface area contributed by atoms with E-state index in [9.17, 15) is 4.79 Å². The maximum absolute atomic E-state index is 12.0. The normalized spacial score (nSPS) is 10.9. The first-order valence-corrected chi connectivity index (χ1v) is 8.57. The van der Waals surface area contributed by atoms with Gasteiger partial charge in [-0.1, -0.05) is 42.9 Å². The molecule has 6 heteroatoms. The maximum atomic E-state index is 12.0. The molecule has 0 unspecified atom stereocenters. The number of anilines is 1. The fraction of sp³-hybridized carbons (Fsp3) is 0.353. The minimum atomic E-state index is -0.227. The van der Waals surface area contributed by atoms with Gasteiger partial charge in [0.2, 0.25) is 11.0 Å². The van der Waals surface area contributed by atoms with Crippen LogP contribution in [0.4, 0.5) is 5.13 Å². The van der Waals surface area contributed by atoms with Crippen molar-refractivity contribution < 1.29 is 9.53 Å². The number of carbonyl (C=O) groups excluding carboxylic acids is 1. The van der Waals surface area contributed by atoms with Crippen LogP contribution in [0.2, 0.25) is 0 Å². The second-order valence-corrected chi connectivity index (χ2v) is 5.96. The summed E-state index contributed by atoms with van der Waals surface area (Å²) in [7, 11) is 0. The van der Waals surface area contributed by atoms with E-state index in [1.807, 2.05) is 31.2 Å². The van der Waals surface area contributed by atoms with Crippen LogP contribution in [0.5, 0.6) is 5.75 Å². The van der Waals surface area contributed by atoms with E-state index in [0.717, 1.165) is 35.6 Å². The Bertz CT molecular complexity index is 667. The second-order valence-electron chi connectivity index (χ2n) is 4.90. The Morgan fingerprint density at radius 1 is 1.30 bits per heavy atom. The molecule has 0 saturated heterocycles. The van der Waals surface area contributed by atoms with E-state index in [-0.39, 0.29) is 5.91 Å². The van der Waals surface area contributed by atoms with Crippen LogP contribution in [0.3, 0.4) is 0 Å². The van der Waals surface area contributed by atoms with Crippen LogP contribution in [-0.4, -0.2) is 22.7 Å². The van der Waals surface area contributed by atoms with Crippen molar-refractivity contribution >= 4 is 28.5 Å². The Labute approximate surface area is 140 Å². The molecule has 122 valence electrons. The fourth-order valence-corrected chi connectivity index (χ4v) is 2.74. The predicted octanol–water partition coefficient (Wildman–Crippen LogP) is 3.93. The van der Waals surface area contributed by atoms with E-state index in [0.29, 0.717) is 11.7 Å². The molecule has 0 aliphatic rings. The lowest BCUT2D eigenvalue weighted by Crippen LogP contribution is -2.07. The summed E-state index contributed by atoms with van der Waals surface area (Å²) in [6, 6.07) is 7.60. The molecule has 1 amide bonds. The zero-order valence-corrected chi connectivity index (χ0v) is 14.2. The van der Waals surface area contributed by atoms with E-state index in [1.54, 1.807) is 6.08 Å². The highest BCUT2D eigenvalue weighted by Gasteiger charge is 2.06. The standard InChI is InChI=1S/C17H21N3O2S/c1-3-5-10-16-19-20-17(23-16)18-15(21)12-11-13-8-6-7-9-14(13)22-4-2/h6-9,11-12H,3-5,10H2,1-2H3,(H,18,20,21). The quantitative estimate of drug-likeness (QED) is 0.744. The number of hydrogen-bond acceptors (Lipinski definition) is 5. The SMILES string of the molecule is CCCCc1nnc(NC(=O)C=Cc2ccccc2OCC)s1. The third-order valence-corrected chi connectivity index (χ3v) is 3.97. The van der Waals surface area contributed by atoms with Gasteiger partial charge < -0.3 is 4.74 Å². The van der Waals surface area contributed by atoms with Crippen molar-refractivity contribution in [3.63, 3.8) is 0 Å². The summed E-state index contributed by atoms with van der Waals surface area (Å²) in [4.78, 5) is 12.0. The topological polar surface area (TPSA) is 64.1 Å². The highest BCUT2D eigenvalue weighted by atomic mass is 32.1. The number of nitrogens with zero attached hydrogens (tertiary/aromatic N) is 2. The largest absolute Gasteiger partial charge is 0.493 e. The second kappa shape index (κ2) is 9.05. The molecule has 1 N–H and O–H groups in total. The number of rotatable bonds is 8. The Balaban J connectivity index is 1.95. The number of para-hydroxylation sites is 1. The van der Waals surface area contributed by atoms with Gasteiger partial charge in [-0.25, -0.2) is 0 Å². The lowest BCUT2D eigenvalue weighted by atomic mass is 10.2. The number of ether oxygens (including phenoxy) is 1. The average Bonchev–Trinajstić information content (AvgIpc) is 3.00. The zero-order chi connectivity index (χ0) is 16.5. The van der Waals surface area contributed by atoms with Gasteiger partial charge in [-0.05, 0) is 25.5 Å². The van der Waals surface area contributed by atoms with Crippen LogP contribution in [0.25, 0.3) is 6.08 Å². The average molecular weight is 331 g/mol. The fourth-order valence-electron chi connectivity index (χ4n) is 1.95. The molecule has 0 fully saturated rings. The lowest BCUT2D eigenvalue weighted by molar-refractivity contribution is -0.111. The highest BCUT2D eigenvalue weighted by molar-refractivity contribution is 7.15. The molecule has 0 atom stereocenters. The first-order valence-electron chi connectivity index (χ1n) is 7.76. The number of aryl methyl sites for hydroxylation is 1. The molecule has 0 saturated carbocycles. The molecule has 0 spiro atoms. The van der Waals surface area contributed by atoms with Crippen molar-refractivity contribution in [2.75, 3.05) is 11.9 Å². The number of amides is 1. The molecule has 0 radical (unpaired) electrons. The van der Waals surface area contributed by atoms with Gasteiger partial charge in [0.05, 0.1) is 6.61 Å². The summed E-state index contributed by atoms with van der Waals surface area (Å²) in [5.74, 6) is 0.534. The molecule has 1 aromatic heterocycles. The number of hydrogen-bond donors (Lipinski definition) is 1. The number of nitrogens with one attached hydrogen (secondary N) is 1. The summed E-state index contributed by atoms with van der Waals surface area (Å²) in [6.45, 7) is 4.65. The minimum Gasteiger partial charge on any atom is -0.493 e. The van der Waals surface area contributed by atoms with Gasteiger partial charge in [0.15, 0.2) is 0 Å². The van der Waals surface area contributed by atoms with Crippen LogP contribution in [-0.2, 0) is 11.2 Å². The van der Waals surface area contributed by atoms with Crippen LogP contribution in [0, 0.1) is 0 Å². The molecule has 1 heterocycles. The van der Waals surface area contributed by atoms with Crippen molar-refractivity contribution in [1.82, 2.24) is 10.2 Å². The number of benzene rings is 1. The van der Waals surface area contributed by atoms with Gasteiger partial charge >= 0.3 is 0 Å². The summed E-state index contributed by atoms with van der Waals surface area (Å²) in [5.41, 5.74) is 0.866. The van der Waals surface area contributed by atoms with Gasteiger partial charge in [-0.15, -0.1) is 10.2 Å². The zero-order valence-electron chi connectivity index (χ0n) is 13.4. The molecule has 2 aromatic rings. The van der Waals surface area contributed by atoms with Crippen molar-refractivity contribution in [3.05, 3.63) is 40.9 Å². The maximum Gasteiger partial charge on any atom is 0.250 e. The molecule has 23 heavy (non-hydrogen) atoms. The number of unbranched alkanes of at least 4 members (excludes halogenated alkanes) is 1. The molecule has 2 rings (SSSR count). The van der Waals surface area contributed by atoms with E-state index in [1.165, 1.54) is 17.4 Å². The molecular formula is C17H21N3O2S. The summed E-state index contributed by atoms with van der Waals surface area (Å²) < 4.78 is 5.53. The van der Waals surface area contributed by atoms with Crippen LogP contribution in [0.15, 0.2) is 30.3 Å². The monoisotopic (exact) mass is 331 g/mol. The third-order valence-electron chi connectivity index (χ3n) is 3.07. The molecule has 0 bridgehead atoms. The predicted molar refractivity (Wildman–Crippen MR) is 93.8 cm³/mol. The van der Waals surface area contributed by atoms with Crippen molar-refractivity contribution in [3.8, 4) is 5.75 Å². The lowest BCUT2D eigenvalue weighted by Gasteiger charge is -2.05. The van der Waals surface area contributed by atoms with E-state index >= 15 is 0 Å². The smallest absolute Gasteiger partial charge is 0.250 e. The third kappa shape index (κ3) is 5.49. The van der Waals surface area contributed by atoms with E-state index in [2.05, 4.69) is 22.4 Å². The number of carbonyl (C=O) groups is 1. The molecule has 1 aromatic carbocycles. The van der Waals surface area contributed by atoms with Crippen molar-refractivity contribution in [2.45, 2.75) is 33.1 Å². The summed E-state index contributed by atoms with van der Waals surface area (Å²) in [5, 5.41) is 12.3. The molecule has 0 aliphatic heterocycles. The molecular weight excluding hydrogens is 310 g/mol. The summed E-state index contributed by atoms with van der Waals surface area (Å²) >= 11 is 1.42. The van der Waals surface area contributed by atoms with Crippen LogP contribution < -0.4 is 10.1 Å². The highest BCUT2D eigenvalue weighted by Crippen LogP contribution is 2.20. The van der Waals surface area contributed by atoms with Crippen LogP contribution >= 0.6 is 11.3 Å². The van der Waals surface area contributed by atoms with E-state index < -0.39 is 0 Å². The first-order chi connectivity index (χ1) is 11.2.